The fourth-order valence-electron chi connectivity index (χ4n) is 5.87. The lowest BCUT2D eigenvalue weighted by Gasteiger charge is -2.39. The Morgan fingerprint density at radius 3 is 2.48 bits per heavy atom. The van der Waals surface area contributed by atoms with Gasteiger partial charge in [-0.25, -0.2) is 8.42 Å². The summed E-state index contributed by atoms with van der Waals surface area (Å²) in [6.07, 6.45) is 6.06. The summed E-state index contributed by atoms with van der Waals surface area (Å²) in [5.41, 5.74) is 4.16. The van der Waals surface area contributed by atoms with Gasteiger partial charge in [-0.05, 0) is 74.1 Å². The van der Waals surface area contributed by atoms with Gasteiger partial charge in [0.2, 0.25) is 0 Å². The van der Waals surface area contributed by atoms with E-state index in [2.05, 4.69) is 56.2 Å². The van der Waals surface area contributed by atoms with Crippen molar-refractivity contribution in [1.82, 2.24) is 9.47 Å². The van der Waals surface area contributed by atoms with Crippen molar-refractivity contribution in [1.29, 1.82) is 0 Å². The van der Waals surface area contributed by atoms with Crippen molar-refractivity contribution in [2.75, 3.05) is 56.3 Å². The number of aromatic nitrogens is 1. The van der Waals surface area contributed by atoms with Gasteiger partial charge in [-0.3, -0.25) is 0 Å². The minimum absolute atomic E-state index is 0.244. The van der Waals surface area contributed by atoms with Crippen molar-refractivity contribution in [3.63, 3.8) is 0 Å². The van der Waals surface area contributed by atoms with Gasteiger partial charge >= 0.3 is 0 Å². The molecule has 0 radical (unpaired) electrons. The van der Waals surface area contributed by atoms with Crippen LogP contribution in [0.15, 0.2) is 53.4 Å². The number of rotatable bonds is 8. The van der Waals surface area contributed by atoms with Crippen LogP contribution in [0.3, 0.4) is 0 Å². The summed E-state index contributed by atoms with van der Waals surface area (Å²) in [5.74, 6) is 6.62. The number of benzene rings is 2. The van der Waals surface area contributed by atoms with E-state index in [-0.39, 0.29) is 6.10 Å². The Kier molecular flexibility index (Phi) is 8.03. The molecule has 8 nitrogen and oxygen atoms in total. The molecule has 0 spiro atoms. The Morgan fingerprint density at radius 2 is 1.77 bits per heavy atom. The highest BCUT2D eigenvalue weighted by Crippen LogP contribution is 2.31. The van der Waals surface area contributed by atoms with Gasteiger partial charge in [-0.2, -0.15) is 0 Å². The first kappa shape index (κ1) is 27.2. The molecule has 0 aliphatic carbocycles. The molecule has 4 heterocycles. The second-order valence-electron chi connectivity index (χ2n) is 11.1. The molecule has 1 unspecified atom stereocenters. The Bertz CT molecular complexity index is 1490. The summed E-state index contributed by atoms with van der Waals surface area (Å²) in [5, 5.41) is 8.33. The lowest BCUT2D eigenvalue weighted by Crippen LogP contribution is -2.46. The maximum absolute atomic E-state index is 11.7. The topological polar surface area (TPSA) is 88.1 Å². The Hall–Kier alpha value is -3.03. The minimum Gasteiger partial charge on any atom is -0.382 e. The number of anilines is 2. The van der Waals surface area contributed by atoms with Crippen LogP contribution in [0.5, 0.6) is 0 Å². The number of epoxide rings is 1. The molecule has 212 valence electrons. The second-order valence-corrected chi connectivity index (χ2v) is 13.1. The number of fused-ring (bicyclic) bond motifs is 1. The van der Waals surface area contributed by atoms with Gasteiger partial charge in [0, 0.05) is 61.4 Å². The molecule has 1 atom stereocenters. The molecule has 2 N–H and O–H groups in total. The Morgan fingerprint density at radius 1 is 1.02 bits per heavy atom. The average Bonchev–Trinajstić information content (AvgIpc) is 3.72. The summed E-state index contributed by atoms with van der Waals surface area (Å²) in [6, 6.07) is 16.6. The molecule has 3 fully saturated rings. The molecular formula is C31H38N4O4S. The monoisotopic (exact) mass is 562 g/mol. The third-order valence-corrected chi connectivity index (χ3v) is 9.34. The van der Waals surface area contributed by atoms with Crippen LogP contribution in [0.2, 0.25) is 0 Å². The number of nitrogens with one attached hydrogen (secondary N) is 2. The van der Waals surface area contributed by atoms with E-state index < -0.39 is 9.84 Å². The molecule has 40 heavy (non-hydrogen) atoms. The maximum Gasteiger partial charge on any atom is 0.175 e. The van der Waals surface area contributed by atoms with Crippen molar-refractivity contribution in [2.24, 2.45) is 0 Å². The quantitative estimate of drug-likeness (QED) is 0.317. The zero-order valence-corrected chi connectivity index (χ0v) is 23.9. The van der Waals surface area contributed by atoms with Crippen molar-refractivity contribution in [2.45, 2.75) is 55.3 Å². The van der Waals surface area contributed by atoms with Gasteiger partial charge in [0.1, 0.15) is 0 Å². The number of ether oxygens (including phenoxy) is 2. The molecule has 2 aromatic carbocycles. The number of hydrogen-bond acceptors (Lipinski definition) is 7. The smallest absolute Gasteiger partial charge is 0.175 e. The molecule has 3 aliphatic heterocycles. The summed E-state index contributed by atoms with van der Waals surface area (Å²) in [4.78, 5) is 2.97. The predicted molar refractivity (Wildman–Crippen MR) is 159 cm³/mol. The summed E-state index contributed by atoms with van der Waals surface area (Å²) in [6.45, 7) is 6.11. The average molecular weight is 563 g/mol. The Labute approximate surface area is 236 Å². The summed E-state index contributed by atoms with van der Waals surface area (Å²) < 4.78 is 36.8. The SMILES string of the molecule is CS(=O)(=O)c1ccc(NCC#Cc2cc3c(NC4CCN(C5CCOCC5)CC4)cccc3n2CC2CO2)cc1. The normalized spacial score (nSPS) is 20.7. The standard InChI is InChI=1S/C31H38N4O4S/c1-40(36,37)28-9-7-23(8-10-28)32-15-3-4-26-20-29-30(5-2-6-31(29)35(26)21-27-22-39-27)33-24-11-16-34(17-12-24)25-13-18-38-19-14-25/h2,5-10,20,24-25,27,32-33H,11-19,21-22H2,1H3. The van der Waals surface area contributed by atoms with Crippen LogP contribution in [0.1, 0.15) is 31.4 Å². The van der Waals surface area contributed by atoms with Gasteiger partial charge in [-0.15, -0.1) is 0 Å². The van der Waals surface area contributed by atoms with E-state index in [1.165, 1.54) is 22.8 Å². The van der Waals surface area contributed by atoms with Crippen LogP contribution in [-0.4, -0.2) is 81.8 Å². The van der Waals surface area contributed by atoms with E-state index in [9.17, 15) is 8.42 Å². The van der Waals surface area contributed by atoms with E-state index in [0.29, 0.717) is 23.5 Å². The van der Waals surface area contributed by atoms with Crippen LogP contribution in [0.4, 0.5) is 11.4 Å². The van der Waals surface area contributed by atoms with Crippen LogP contribution in [0.25, 0.3) is 10.9 Å². The zero-order valence-electron chi connectivity index (χ0n) is 23.1. The number of likely N-dealkylation sites (tertiary alicyclic amines) is 1. The van der Waals surface area contributed by atoms with Crippen molar-refractivity contribution < 1.29 is 17.9 Å². The van der Waals surface area contributed by atoms with Gasteiger partial charge < -0.3 is 29.6 Å². The second kappa shape index (κ2) is 11.8. The van der Waals surface area contributed by atoms with Crippen LogP contribution >= 0.6 is 0 Å². The fourth-order valence-corrected chi connectivity index (χ4v) is 6.50. The molecule has 6 rings (SSSR count). The number of piperidine rings is 1. The third kappa shape index (κ3) is 6.47. The highest BCUT2D eigenvalue weighted by Gasteiger charge is 2.28. The lowest BCUT2D eigenvalue weighted by molar-refractivity contribution is 0.0262. The molecule has 0 saturated carbocycles. The molecular weight excluding hydrogens is 524 g/mol. The highest BCUT2D eigenvalue weighted by atomic mass is 32.2. The molecule has 9 heteroatoms. The van der Waals surface area contributed by atoms with Crippen molar-refractivity contribution in [3.05, 3.63) is 54.2 Å². The third-order valence-electron chi connectivity index (χ3n) is 8.21. The summed E-state index contributed by atoms with van der Waals surface area (Å²) >= 11 is 0. The first-order chi connectivity index (χ1) is 19.4. The molecule has 3 aromatic rings. The lowest BCUT2D eigenvalue weighted by atomic mass is 9.99. The molecule has 1 aromatic heterocycles. The van der Waals surface area contributed by atoms with E-state index in [4.69, 9.17) is 9.47 Å². The first-order valence-corrected chi connectivity index (χ1v) is 16.2. The molecule has 0 bridgehead atoms. The zero-order chi connectivity index (χ0) is 27.5. The molecule has 3 aliphatic rings. The van der Waals surface area contributed by atoms with Gasteiger partial charge in [0.15, 0.2) is 9.84 Å². The van der Waals surface area contributed by atoms with E-state index in [1.807, 2.05) is 0 Å². The van der Waals surface area contributed by atoms with Crippen molar-refractivity contribution in [3.8, 4) is 11.8 Å². The highest BCUT2D eigenvalue weighted by molar-refractivity contribution is 7.90. The number of hydrogen-bond donors (Lipinski definition) is 2. The Balaban J connectivity index is 1.14. The van der Waals surface area contributed by atoms with Gasteiger partial charge in [-0.1, -0.05) is 12.0 Å². The summed E-state index contributed by atoms with van der Waals surface area (Å²) in [7, 11) is -3.20. The fraction of sp³-hybridized carbons (Fsp3) is 0.484. The largest absolute Gasteiger partial charge is 0.382 e. The van der Waals surface area contributed by atoms with Crippen LogP contribution in [0, 0.1) is 11.8 Å². The van der Waals surface area contributed by atoms with E-state index >= 15 is 0 Å². The number of nitrogens with zero attached hydrogens (tertiary/aromatic N) is 2. The maximum atomic E-state index is 11.7. The van der Waals surface area contributed by atoms with E-state index in [1.54, 1.807) is 24.3 Å². The first-order valence-electron chi connectivity index (χ1n) is 14.3. The van der Waals surface area contributed by atoms with Crippen molar-refractivity contribution >= 4 is 32.1 Å². The van der Waals surface area contributed by atoms with Gasteiger partial charge in [0.05, 0.1) is 41.9 Å². The predicted octanol–water partition coefficient (Wildman–Crippen LogP) is 3.96. The minimum atomic E-state index is -3.20. The van der Waals surface area contributed by atoms with Crippen LogP contribution < -0.4 is 10.6 Å². The van der Waals surface area contributed by atoms with Crippen LogP contribution in [-0.2, 0) is 25.9 Å². The molecule has 0 amide bonds. The van der Waals surface area contributed by atoms with E-state index in [0.717, 1.165) is 76.5 Å². The number of sulfone groups is 1. The molecule has 3 saturated heterocycles. The van der Waals surface area contributed by atoms with Gasteiger partial charge in [0.25, 0.3) is 0 Å².